The second-order valence-corrected chi connectivity index (χ2v) is 7.63. The second kappa shape index (κ2) is 7.15. The van der Waals surface area contributed by atoms with Crippen molar-refractivity contribution in [3.05, 3.63) is 57.6 Å². The normalized spacial score (nSPS) is 19.7. The third kappa shape index (κ3) is 3.71. The molecule has 1 aliphatic rings. The van der Waals surface area contributed by atoms with Gasteiger partial charge >= 0.3 is 5.97 Å². The van der Waals surface area contributed by atoms with Crippen LogP contribution in [0.25, 0.3) is 0 Å². The van der Waals surface area contributed by atoms with Crippen LogP contribution in [0.5, 0.6) is 5.75 Å². The summed E-state index contributed by atoms with van der Waals surface area (Å²) in [5, 5.41) is 21.2. The molecule has 0 saturated heterocycles. The summed E-state index contributed by atoms with van der Waals surface area (Å²) < 4.78 is 0. The van der Waals surface area contributed by atoms with Crippen molar-refractivity contribution in [2.45, 2.75) is 16.9 Å². The zero-order chi connectivity index (χ0) is 18.1. The van der Waals surface area contributed by atoms with E-state index in [-0.39, 0.29) is 17.2 Å². The van der Waals surface area contributed by atoms with Gasteiger partial charge in [0, 0.05) is 10.7 Å². The van der Waals surface area contributed by atoms with Gasteiger partial charge in [-0.3, -0.25) is 9.59 Å². The van der Waals surface area contributed by atoms with Crippen molar-refractivity contribution in [2.24, 2.45) is 0 Å². The van der Waals surface area contributed by atoms with Gasteiger partial charge in [-0.1, -0.05) is 35.3 Å². The zero-order valence-corrected chi connectivity index (χ0v) is 15.0. The number of hydrogen-bond donors (Lipinski definition) is 3. The maximum absolute atomic E-state index is 12.4. The summed E-state index contributed by atoms with van der Waals surface area (Å²) >= 11 is 13.5. The Hall–Kier alpha value is -1.89. The van der Waals surface area contributed by atoms with E-state index in [9.17, 15) is 14.7 Å². The number of halogens is 2. The van der Waals surface area contributed by atoms with E-state index in [0.717, 1.165) is 0 Å². The number of benzene rings is 2. The molecule has 0 spiro atoms. The number of nitrogens with one attached hydrogen (secondary N) is 1. The van der Waals surface area contributed by atoms with Crippen LogP contribution in [0.15, 0.2) is 36.4 Å². The highest BCUT2D eigenvalue weighted by Gasteiger charge is 2.34. The quantitative estimate of drug-likeness (QED) is 0.717. The molecule has 0 aromatic heterocycles. The minimum Gasteiger partial charge on any atom is -0.506 e. The molecule has 2 atom stereocenters. The number of carboxylic acid groups (broad SMARTS) is 1. The number of thioether (sulfide) groups is 1. The van der Waals surface area contributed by atoms with E-state index in [0.29, 0.717) is 21.8 Å². The number of carboxylic acids is 1. The molecule has 3 N–H and O–H groups in total. The molecule has 3 rings (SSSR count). The fourth-order valence-corrected chi connectivity index (χ4v) is 4.57. The van der Waals surface area contributed by atoms with Crippen LogP contribution in [-0.4, -0.2) is 27.3 Å². The molecule has 0 bridgehead atoms. The Labute approximate surface area is 157 Å². The fraction of sp³-hybridized carbons (Fsp3) is 0.176. The van der Waals surface area contributed by atoms with Crippen LogP contribution in [0.1, 0.15) is 22.8 Å². The van der Waals surface area contributed by atoms with Crippen LogP contribution in [-0.2, 0) is 9.59 Å². The molecule has 1 heterocycles. The fourth-order valence-electron chi connectivity index (χ4n) is 2.66. The summed E-state index contributed by atoms with van der Waals surface area (Å²) in [4.78, 5) is 23.6. The molecule has 0 unspecified atom stereocenters. The van der Waals surface area contributed by atoms with E-state index in [2.05, 4.69) is 5.32 Å². The molecule has 130 valence electrons. The molecule has 1 aliphatic heterocycles. The monoisotopic (exact) mass is 397 g/mol. The first-order valence-corrected chi connectivity index (χ1v) is 9.01. The van der Waals surface area contributed by atoms with Crippen LogP contribution in [0.4, 0.5) is 5.69 Å². The van der Waals surface area contributed by atoms with Crippen molar-refractivity contribution in [1.29, 1.82) is 0 Å². The zero-order valence-electron chi connectivity index (χ0n) is 12.7. The van der Waals surface area contributed by atoms with Crippen molar-refractivity contribution in [3.63, 3.8) is 0 Å². The van der Waals surface area contributed by atoms with Gasteiger partial charge in [-0.2, -0.15) is 0 Å². The van der Waals surface area contributed by atoms with Crippen molar-refractivity contribution in [2.75, 3.05) is 5.32 Å². The topological polar surface area (TPSA) is 86.6 Å². The van der Waals surface area contributed by atoms with Crippen molar-refractivity contribution in [3.8, 4) is 5.75 Å². The Morgan fingerprint density at radius 3 is 2.68 bits per heavy atom. The standard InChI is InChI=1S/C17H13Cl2NO4S/c18-8-4-5-11-10(6-8)16(9-2-1-3-12(21)15(9)19)25-13(7-14(22)23)17(24)20-11/h1-6,13,16,21H,7H2,(H,20,24)(H,22,23)/t13-,16-/m1/s1. The molecular weight excluding hydrogens is 385 g/mol. The Morgan fingerprint density at radius 1 is 1.20 bits per heavy atom. The third-order valence-corrected chi connectivity index (χ3v) is 5.93. The maximum Gasteiger partial charge on any atom is 0.305 e. The summed E-state index contributed by atoms with van der Waals surface area (Å²) in [5.41, 5.74) is 1.83. The highest BCUT2D eigenvalue weighted by Crippen LogP contribution is 2.48. The Morgan fingerprint density at radius 2 is 1.96 bits per heavy atom. The number of aliphatic carboxylic acids is 1. The average molecular weight is 398 g/mol. The van der Waals surface area contributed by atoms with Gasteiger partial charge in [0.25, 0.3) is 0 Å². The number of phenols is 1. The predicted molar refractivity (Wildman–Crippen MR) is 98.7 cm³/mol. The molecule has 25 heavy (non-hydrogen) atoms. The molecule has 2 aromatic carbocycles. The van der Waals surface area contributed by atoms with Crippen molar-refractivity contribution < 1.29 is 19.8 Å². The number of carbonyl (C=O) groups is 2. The van der Waals surface area contributed by atoms with Gasteiger partial charge in [0.1, 0.15) is 5.75 Å². The summed E-state index contributed by atoms with van der Waals surface area (Å²) in [5.74, 6) is -1.55. The van der Waals surface area contributed by atoms with Gasteiger partial charge in [-0.05, 0) is 35.4 Å². The van der Waals surface area contributed by atoms with Gasteiger partial charge in [0.2, 0.25) is 5.91 Å². The molecule has 8 heteroatoms. The summed E-state index contributed by atoms with van der Waals surface area (Å²) in [6.07, 6.45) is -0.328. The van der Waals surface area contributed by atoms with Crippen LogP contribution in [0.3, 0.4) is 0 Å². The molecule has 1 amide bonds. The number of phenolic OH excluding ortho intramolecular Hbond substituents is 1. The number of anilines is 1. The van der Waals surface area contributed by atoms with E-state index in [1.165, 1.54) is 17.8 Å². The molecule has 0 saturated carbocycles. The first-order chi connectivity index (χ1) is 11.9. The molecular formula is C17H13Cl2NO4S. The van der Waals surface area contributed by atoms with E-state index >= 15 is 0 Å². The van der Waals surface area contributed by atoms with Crippen LogP contribution < -0.4 is 5.32 Å². The summed E-state index contributed by atoms with van der Waals surface area (Å²) in [6, 6.07) is 9.86. The first-order valence-electron chi connectivity index (χ1n) is 7.31. The van der Waals surface area contributed by atoms with E-state index in [1.807, 2.05) is 0 Å². The predicted octanol–water partition coefficient (Wildman–Crippen LogP) is 4.32. The number of carbonyl (C=O) groups excluding carboxylic acids is 1. The molecule has 0 radical (unpaired) electrons. The summed E-state index contributed by atoms with van der Waals surface area (Å²) in [7, 11) is 0. The minimum atomic E-state index is -1.07. The Balaban J connectivity index is 2.15. The third-order valence-electron chi connectivity index (χ3n) is 3.80. The van der Waals surface area contributed by atoms with Gasteiger partial charge < -0.3 is 15.5 Å². The first kappa shape index (κ1) is 17.9. The van der Waals surface area contributed by atoms with Crippen LogP contribution in [0, 0.1) is 0 Å². The molecule has 2 aromatic rings. The maximum atomic E-state index is 12.4. The molecule has 0 aliphatic carbocycles. The van der Waals surface area contributed by atoms with Gasteiger partial charge in [-0.25, -0.2) is 0 Å². The minimum absolute atomic E-state index is 0.0818. The second-order valence-electron chi connectivity index (χ2n) is 5.50. The lowest BCUT2D eigenvalue weighted by molar-refractivity contribution is -0.138. The lowest BCUT2D eigenvalue weighted by Crippen LogP contribution is -2.26. The van der Waals surface area contributed by atoms with Gasteiger partial charge in [-0.15, -0.1) is 11.8 Å². The molecule has 5 nitrogen and oxygen atoms in total. The largest absolute Gasteiger partial charge is 0.506 e. The average Bonchev–Trinajstić information content (AvgIpc) is 2.67. The van der Waals surface area contributed by atoms with Crippen molar-refractivity contribution in [1.82, 2.24) is 0 Å². The van der Waals surface area contributed by atoms with Crippen molar-refractivity contribution >= 4 is 52.5 Å². The van der Waals surface area contributed by atoms with Crippen LogP contribution >= 0.6 is 35.0 Å². The van der Waals surface area contributed by atoms with E-state index in [1.54, 1.807) is 30.3 Å². The van der Waals surface area contributed by atoms with E-state index in [4.69, 9.17) is 28.3 Å². The SMILES string of the molecule is O=C(O)C[C@H]1S[C@H](c2cccc(O)c2Cl)c2cc(Cl)ccc2NC1=O. The number of fused-ring (bicyclic) bond motifs is 1. The number of aromatic hydroxyl groups is 1. The van der Waals surface area contributed by atoms with Crippen LogP contribution in [0.2, 0.25) is 10.0 Å². The summed E-state index contributed by atoms with van der Waals surface area (Å²) in [6.45, 7) is 0. The van der Waals surface area contributed by atoms with Gasteiger partial charge in [0.05, 0.1) is 21.9 Å². The highest BCUT2D eigenvalue weighted by molar-refractivity contribution is 8.01. The number of hydrogen-bond acceptors (Lipinski definition) is 4. The lowest BCUT2D eigenvalue weighted by atomic mass is 10.0. The number of amides is 1. The number of rotatable bonds is 3. The lowest BCUT2D eigenvalue weighted by Gasteiger charge is -2.21. The molecule has 0 fully saturated rings. The van der Waals surface area contributed by atoms with Gasteiger partial charge in [0.15, 0.2) is 0 Å². The Kier molecular flexibility index (Phi) is 5.13. The smallest absolute Gasteiger partial charge is 0.305 e. The highest BCUT2D eigenvalue weighted by atomic mass is 35.5. The Bertz CT molecular complexity index is 859. The van der Waals surface area contributed by atoms with E-state index < -0.39 is 22.4 Å².